The second-order valence-corrected chi connectivity index (χ2v) is 6.27. The minimum atomic E-state index is -0.163. The van der Waals surface area contributed by atoms with E-state index in [-0.39, 0.29) is 11.3 Å². The summed E-state index contributed by atoms with van der Waals surface area (Å²) in [4.78, 5) is 14.4. The first-order valence-electron chi connectivity index (χ1n) is 6.92. The van der Waals surface area contributed by atoms with E-state index in [9.17, 15) is 4.79 Å². The minimum Gasteiger partial charge on any atom is -0.395 e. The van der Waals surface area contributed by atoms with Crippen molar-refractivity contribution >= 4 is 11.6 Å². The van der Waals surface area contributed by atoms with E-state index < -0.39 is 0 Å². The second-order valence-electron chi connectivity index (χ2n) is 6.27. The number of carbonyl (C=O) groups is 1. The van der Waals surface area contributed by atoms with Gasteiger partial charge in [-0.05, 0) is 25.9 Å². The van der Waals surface area contributed by atoms with Gasteiger partial charge in [-0.25, -0.2) is 0 Å². The van der Waals surface area contributed by atoms with Crippen molar-refractivity contribution in [2.75, 3.05) is 32.9 Å². The van der Waals surface area contributed by atoms with Gasteiger partial charge in [0.2, 0.25) is 0 Å². The first-order valence-corrected chi connectivity index (χ1v) is 6.92. The van der Waals surface area contributed by atoms with E-state index in [1.165, 1.54) is 0 Å². The molecule has 114 valence electrons. The highest BCUT2D eigenvalue weighted by molar-refractivity contribution is 5.98. The molecule has 0 aliphatic heterocycles. The molecule has 0 spiro atoms. The van der Waals surface area contributed by atoms with Crippen molar-refractivity contribution in [3.63, 3.8) is 0 Å². The van der Waals surface area contributed by atoms with Crippen LogP contribution in [0.5, 0.6) is 0 Å². The maximum Gasteiger partial charge on any atom is 0.271 e. The zero-order valence-electron chi connectivity index (χ0n) is 13.4. The number of nitrogens with two attached hydrogens (primary N) is 1. The van der Waals surface area contributed by atoms with Crippen LogP contribution < -0.4 is 11.1 Å². The van der Waals surface area contributed by atoms with E-state index in [0.717, 1.165) is 18.7 Å². The van der Waals surface area contributed by atoms with Crippen molar-refractivity contribution in [2.45, 2.75) is 27.2 Å². The van der Waals surface area contributed by atoms with Gasteiger partial charge in [0, 0.05) is 20.1 Å². The van der Waals surface area contributed by atoms with Crippen LogP contribution in [0, 0.1) is 5.41 Å². The smallest absolute Gasteiger partial charge is 0.271 e. The molecule has 0 radical (unpaired) electrons. The van der Waals surface area contributed by atoms with E-state index in [1.54, 1.807) is 11.7 Å². The molecule has 1 amide bonds. The predicted octanol–water partition coefficient (Wildman–Crippen LogP) is 0.882. The van der Waals surface area contributed by atoms with Crippen LogP contribution in [-0.2, 0) is 13.5 Å². The summed E-state index contributed by atoms with van der Waals surface area (Å²) in [5.74, 6) is -0.163. The van der Waals surface area contributed by atoms with E-state index in [1.807, 2.05) is 21.0 Å². The quantitative estimate of drug-likeness (QED) is 0.811. The number of amides is 1. The van der Waals surface area contributed by atoms with Crippen molar-refractivity contribution in [3.8, 4) is 0 Å². The Morgan fingerprint density at radius 3 is 2.50 bits per heavy atom. The Labute approximate surface area is 121 Å². The van der Waals surface area contributed by atoms with Crippen LogP contribution in [0.2, 0.25) is 0 Å². The third kappa shape index (κ3) is 3.96. The molecule has 0 saturated heterocycles. The largest absolute Gasteiger partial charge is 0.395 e. The molecular formula is C14H27N5O. The number of hydrogen-bond donors (Lipinski definition) is 2. The lowest BCUT2D eigenvalue weighted by Gasteiger charge is -2.28. The first kappa shape index (κ1) is 16.5. The third-order valence-electron chi connectivity index (χ3n) is 3.18. The summed E-state index contributed by atoms with van der Waals surface area (Å²) >= 11 is 0. The second kappa shape index (κ2) is 6.26. The van der Waals surface area contributed by atoms with Gasteiger partial charge in [-0.1, -0.05) is 20.8 Å². The van der Waals surface area contributed by atoms with Gasteiger partial charge in [-0.15, -0.1) is 0 Å². The molecule has 0 bridgehead atoms. The average Bonchev–Trinajstić information content (AvgIpc) is 2.60. The highest BCUT2D eigenvalue weighted by atomic mass is 16.2. The van der Waals surface area contributed by atoms with Crippen molar-refractivity contribution in [1.82, 2.24) is 20.0 Å². The van der Waals surface area contributed by atoms with E-state index in [2.05, 4.69) is 29.2 Å². The maximum atomic E-state index is 12.3. The van der Waals surface area contributed by atoms with Crippen molar-refractivity contribution in [3.05, 3.63) is 11.4 Å². The molecule has 0 aliphatic carbocycles. The number of nitrogen functional groups attached to an aromatic ring is 1. The van der Waals surface area contributed by atoms with Crippen LogP contribution in [0.25, 0.3) is 0 Å². The molecule has 3 N–H and O–H groups in total. The van der Waals surface area contributed by atoms with Crippen molar-refractivity contribution < 1.29 is 4.79 Å². The highest BCUT2D eigenvalue weighted by Crippen LogP contribution is 2.18. The summed E-state index contributed by atoms with van der Waals surface area (Å²) in [6.07, 6.45) is 0.721. The number of anilines is 1. The summed E-state index contributed by atoms with van der Waals surface area (Å²) in [6, 6.07) is 0. The first-order chi connectivity index (χ1) is 9.18. The summed E-state index contributed by atoms with van der Waals surface area (Å²) in [5.41, 5.74) is 7.68. The minimum absolute atomic E-state index is 0.000100. The molecule has 0 fully saturated rings. The van der Waals surface area contributed by atoms with E-state index in [0.29, 0.717) is 17.9 Å². The normalized spacial score (nSPS) is 11.9. The molecule has 0 saturated carbocycles. The molecule has 1 aromatic heterocycles. The van der Waals surface area contributed by atoms with E-state index >= 15 is 0 Å². The lowest BCUT2D eigenvalue weighted by molar-refractivity contribution is 0.0920. The number of rotatable bonds is 6. The molecule has 1 rings (SSSR count). The summed E-state index contributed by atoms with van der Waals surface area (Å²) in [6.45, 7) is 7.71. The van der Waals surface area contributed by atoms with Gasteiger partial charge >= 0.3 is 0 Å². The zero-order valence-corrected chi connectivity index (χ0v) is 13.4. The van der Waals surface area contributed by atoms with Crippen LogP contribution in [-0.4, -0.2) is 47.8 Å². The predicted molar refractivity (Wildman–Crippen MR) is 81.7 cm³/mol. The van der Waals surface area contributed by atoms with Crippen molar-refractivity contribution in [2.24, 2.45) is 12.5 Å². The van der Waals surface area contributed by atoms with Gasteiger partial charge in [-0.3, -0.25) is 9.48 Å². The Morgan fingerprint density at radius 2 is 2.05 bits per heavy atom. The van der Waals surface area contributed by atoms with Gasteiger partial charge in [0.1, 0.15) is 5.69 Å². The fraction of sp³-hybridized carbons (Fsp3) is 0.714. The Bertz CT molecular complexity index is 476. The number of aromatic nitrogens is 2. The molecule has 0 unspecified atom stereocenters. The molecule has 6 nitrogen and oxygen atoms in total. The maximum absolute atomic E-state index is 12.3. The summed E-state index contributed by atoms with van der Waals surface area (Å²) < 4.78 is 1.56. The number of aryl methyl sites for hydroxylation is 2. The Kier molecular flexibility index (Phi) is 5.16. The van der Waals surface area contributed by atoms with Gasteiger partial charge in [0.15, 0.2) is 0 Å². The van der Waals surface area contributed by atoms with Gasteiger partial charge in [0.05, 0.1) is 11.4 Å². The van der Waals surface area contributed by atoms with Crippen LogP contribution in [0.4, 0.5) is 5.69 Å². The van der Waals surface area contributed by atoms with Crippen molar-refractivity contribution in [1.29, 1.82) is 0 Å². The number of nitrogens with one attached hydrogen (secondary N) is 1. The standard InChI is InChI=1S/C14H27N5O/c1-7-10-11(15)12(19(6)17-10)13(20)16-8-14(2,3)9-18(4)5/h7-9,15H2,1-6H3,(H,16,20). The van der Waals surface area contributed by atoms with Crippen LogP contribution in [0.15, 0.2) is 0 Å². The van der Waals surface area contributed by atoms with Gasteiger partial charge < -0.3 is 16.0 Å². The number of carbonyl (C=O) groups excluding carboxylic acids is 1. The molecule has 6 heteroatoms. The number of hydrogen-bond acceptors (Lipinski definition) is 4. The van der Waals surface area contributed by atoms with Gasteiger partial charge in [0.25, 0.3) is 5.91 Å². The molecule has 0 aromatic carbocycles. The van der Waals surface area contributed by atoms with Crippen LogP contribution in [0.1, 0.15) is 37.0 Å². The third-order valence-corrected chi connectivity index (χ3v) is 3.18. The molecule has 1 heterocycles. The Morgan fingerprint density at radius 1 is 1.45 bits per heavy atom. The fourth-order valence-electron chi connectivity index (χ4n) is 2.44. The molecule has 0 aliphatic rings. The SMILES string of the molecule is CCc1nn(C)c(C(=O)NCC(C)(C)CN(C)C)c1N. The highest BCUT2D eigenvalue weighted by Gasteiger charge is 2.23. The molecule has 0 atom stereocenters. The van der Waals surface area contributed by atoms with E-state index in [4.69, 9.17) is 5.73 Å². The van der Waals surface area contributed by atoms with Crippen LogP contribution >= 0.6 is 0 Å². The fourth-order valence-corrected chi connectivity index (χ4v) is 2.44. The average molecular weight is 281 g/mol. The lowest BCUT2D eigenvalue weighted by Crippen LogP contribution is -2.40. The zero-order chi connectivity index (χ0) is 15.5. The Hall–Kier alpha value is -1.56. The topological polar surface area (TPSA) is 76.2 Å². The molecular weight excluding hydrogens is 254 g/mol. The van der Waals surface area contributed by atoms with Gasteiger partial charge in [-0.2, -0.15) is 5.10 Å². The molecule has 1 aromatic rings. The number of nitrogens with zero attached hydrogens (tertiary/aromatic N) is 3. The summed E-state index contributed by atoms with van der Waals surface area (Å²) in [5, 5.41) is 7.22. The lowest BCUT2D eigenvalue weighted by atomic mass is 9.93. The monoisotopic (exact) mass is 281 g/mol. The molecule has 20 heavy (non-hydrogen) atoms. The Balaban J connectivity index is 2.75. The summed E-state index contributed by atoms with van der Waals surface area (Å²) in [7, 11) is 5.79. The van der Waals surface area contributed by atoms with Crippen LogP contribution in [0.3, 0.4) is 0 Å².